The Morgan fingerprint density at radius 1 is 1.39 bits per heavy atom. The van der Waals surface area contributed by atoms with Crippen LogP contribution in [0.25, 0.3) is 0 Å². The lowest BCUT2D eigenvalue weighted by atomic mass is 9.85. The lowest BCUT2D eigenvalue weighted by Gasteiger charge is -2.45. The van der Waals surface area contributed by atoms with Crippen LogP contribution in [0, 0.1) is 5.41 Å². The highest BCUT2D eigenvalue weighted by molar-refractivity contribution is 5.82. The van der Waals surface area contributed by atoms with Crippen molar-refractivity contribution in [3.63, 3.8) is 0 Å². The summed E-state index contributed by atoms with van der Waals surface area (Å²) in [5.41, 5.74) is -0.235. The summed E-state index contributed by atoms with van der Waals surface area (Å²) >= 11 is 0. The van der Waals surface area contributed by atoms with Gasteiger partial charge < -0.3 is 15.0 Å². The monoisotopic (exact) mass is 254 g/mol. The van der Waals surface area contributed by atoms with Gasteiger partial charge in [0.1, 0.15) is 0 Å². The molecule has 0 atom stereocenters. The number of likely N-dealkylation sites (tertiary alicyclic amines) is 1. The molecule has 2 rings (SSSR count). The van der Waals surface area contributed by atoms with Crippen molar-refractivity contribution in [1.82, 2.24) is 10.2 Å². The fourth-order valence-corrected chi connectivity index (χ4v) is 2.72. The Labute approximate surface area is 110 Å². The quantitative estimate of drug-likeness (QED) is 0.810. The second-order valence-corrected chi connectivity index (χ2v) is 6.24. The first kappa shape index (κ1) is 13.8. The molecule has 1 N–H and O–H groups in total. The van der Waals surface area contributed by atoms with E-state index in [1.807, 2.05) is 18.7 Å². The molecule has 0 bridgehead atoms. The maximum Gasteiger partial charge on any atom is 0.228 e. The molecule has 2 aliphatic heterocycles. The van der Waals surface area contributed by atoms with Crippen LogP contribution in [0.4, 0.5) is 0 Å². The number of hydrogen-bond acceptors (Lipinski definition) is 3. The molecular formula is C14H26N2O2. The highest BCUT2D eigenvalue weighted by Crippen LogP contribution is 2.31. The van der Waals surface area contributed by atoms with Gasteiger partial charge >= 0.3 is 0 Å². The van der Waals surface area contributed by atoms with Crippen LogP contribution in [0.5, 0.6) is 0 Å². The minimum absolute atomic E-state index is 0.00854. The molecule has 4 nitrogen and oxygen atoms in total. The highest BCUT2D eigenvalue weighted by Gasteiger charge is 2.40. The topological polar surface area (TPSA) is 41.6 Å². The van der Waals surface area contributed by atoms with Gasteiger partial charge in [0.15, 0.2) is 0 Å². The van der Waals surface area contributed by atoms with E-state index in [4.69, 9.17) is 4.74 Å². The molecule has 1 amide bonds. The Morgan fingerprint density at radius 3 is 2.56 bits per heavy atom. The summed E-state index contributed by atoms with van der Waals surface area (Å²) < 4.78 is 5.95. The first-order chi connectivity index (χ1) is 8.49. The van der Waals surface area contributed by atoms with Crippen molar-refractivity contribution in [2.45, 2.75) is 45.6 Å². The van der Waals surface area contributed by atoms with Gasteiger partial charge in [-0.3, -0.25) is 4.79 Å². The molecule has 0 aromatic rings. The maximum atomic E-state index is 12.4. The van der Waals surface area contributed by atoms with Crippen LogP contribution in [0.15, 0.2) is 0 Å². The van der Waals surface area contributed by atoms with Crippen LogP contribution in [0.2, 0.25) is 0 Å². The van der Waals surface area contributed by atoms with Crippen molar-refractivity contribution in [3.8, 4) is 0 Å². The van der Waals surface area contributed by atoms with Crippen molar-refractivity contribution in [2.24, 2.45) is 5.41 Å². The van der Waals surface area contributed by atoms with E-state index in [2.05, 4.69) is 12.2 Å². The van der Waals surface area contributed by atoms with Gasteiger partial charge in [-0.1, -0.05) is 20.8 Å². The number of nitrogens with one attached hydrogen (secondary N) is 1. The molecule has 0 saturated carbocycles. The summed E-state index contributed by atoms with van der Waals surface area (Å²) in [4.78, 5) is 14.4. The summed E-state index contributed by atoms with van der Waals surface area (Å²) in [6, 6.07) is 0. The van der Waals surface area contributed by atoms with Crippen LogP contribution >= 0.6 is 0 Å². The van der Waals surface area contributed by atoms with Crippen LogP contribution in [0.3, 0.4) is 0 Å². The Kier molecular flexibility index (Phi) is 3.97. The molecule has 18 heavy (non-hydrogen) atoms. The normalized spacial score (nSPS) is 24.3. The van der Waals surface area contributed by atoms with Gasteiger partial charge in [0.2, 0.25) is 5.91 Å². The maximum absolute atomic E-state index is 12.4. The third-order valence-corrected chi connectivity index (χ3v) is 4.56. The zero-order valence-electron chi connectivity index (χ0n) is 11.9. The van der Waals surface area contributed by atoms with E-state index in [-0.39, 0.29) is 11.0 Å². The van der Waals surface area contributed by atoms with Gasteiger partial charge in [-0.05, 0) is 19.3 Å². The number of piperidine rings is 1. The summed E-state index contributed by atoms with van der Waals surface area (Å²) in [5.74, 6) is 0.295. The molecule has 0 radical (unpaired) electrons. The number of carbonyl (C=O) groups excluding carboxylic acids is 1. The van der Waals surface area contributed by atoms with Crippen LogP contribution in [-0.4, -0.2) is 49.2 Å². The van der Waals surface area contributed by atoms with Gasteiger partial charge in [0, 0.05) is 31.6 Å². The molecular weight excluding hydrogens is 228 g/mol. The van der Waals surface area contributed by atoms with E-state index in [9.17, 15) is 4.79 Å². The van der Waals surface area contributed by atoms with Gasteiger partial charge in [-0.25, -0.2) is 0 Å². The number of hydrogen-bond donors (Lipinski definition) is 1. The predicted molar refractivity (Wildman–Crippen MR) is 71.4 cm³/mol. The van der Waals surface area contributed by atoms with Crippen molar-refractivity contribution >= 4 is 5.91 Å². The summed E-state index contributed by atoms with van der Waals surface area (Å²) in [6.45, 7) is 10.5. The average molecular weight is 254 g/mol. The molecule has 2 aliphatic rings. The molecule has 104 valence electrons. The van der Waals surface area contributed by atoms with Gasteiger partial charge in [0.05, 0.1) is 12.2 Å². The molecule has 0 aromatic carbocycles. The van der Waals surface area contributed by atoms with Crippen LogP contribution < -0.4 is 5.32 Å². The van der Waals surface area contributed by atoms with Gasteiger partial charge in [0.25, 0.3) is 0 Å². The third kappa shape index (κ3) is 2.69. The Bertz CT molecular complexity index is 299. The largest absolute Gasteiger partial charge is 0.372 e. The number of amides is 1. The molecule has 2 fully saturated rings. The number of carbonyl (C=O) groups is 1. The first-order valence-electron chi connectivity index (χ1n) is 7.13. The van der Waals surface area contributed by atoms with E-state index in [0.717, 1.165) is 52.0 Å². The number of rotatable bonds is 2. The van der Waals surface area contributed by atoms with E-state index in [1.54, 1.807) is 0 Å². The fraction of sp³-hybridized carbons (Fsp3) is 0.929. The highest BCUT2D eigenvalue weighted by atomic mass is 16.5. The third-order valence-electron chi connectivity index (χ3n) is 4.56. The lowest BCUT2D eigenvalue weighted by molar-refractivity contribution is -0.149. The first-order valence-corrected chi connectivity index (χ1v) is 7.13. The van der Waals surface area contributed by atoms with E-state index in [1.165, 1.54) is 0 Å². The van der Waals surface area contributed by atoms with E-state index >= 15 is 0 Å². The van der Waals surface area contributed by atoms with Crippen LogP contribution in [0.1, 0.15) is 40.0 Å². The minimum Gasteiger partial charge on any atom is -0.372 e. The van der Waals surface area contributed by atoms with Crippen molar-refractivity contribution in [2.75, 3.05) is 32.8 Å². The van der Waals surface area contributed by atoms with Crippen LogP contribution in [-0.2, 0) is 9.53 Å². The predicted octanol–water partition coefficient (Wildman–Crippen LogP) is 1.40. The number of ether oxygens (including phenoxy) is 1. The molecule has 0 aromatic heterocycles. The second kappa shape index (κ2) is 5.17. The van der Waals surface area contributed by atoms with E-state index in [0.29, 0.717) is 5.91 Å². The molecule has 2 saturated heterocycles. The van der Waals surface area contributed by atoms with E-state index < -0.39 is 0 Å². The Morgan fingerprint density at radius 2 is 2.06 bits per heavy atom. The van der Waals surface area contributed by atoms with Gasteiger partial charge in [-0.15, -0.1) is 0 Å². The smallest absolute Gasteiger partial charge is 0.228 e. The summed E-state index contributed by atoms with van der Waals surface area (Å²) in [6.07, 6.45) is 2.82. The molecule has 1 spiro atoms. The zero-order chi connectivity index (χ0) is 13.2. The zero-order valence-corrected chi connectivity index (χ0v) is 11.9. The summed E-state index contributed by atoms with van der Waals surface area (Å²) in [7, 11) is 0. The van der Waals surface area contributed by atoms with Gasteiger partial charge in [-0.2, -0.15) is 0 Å². The lowest BCUT2D eigenvalue weighted by Crippen LogP contribution is -2.57. The standard InChI is InChI=1S/C14H26N2O2/c1-4-13(2,3)12(17)16-8-5-14(6-9-16)11-15-7-10-18-14/h15H,4-11H2,1-3H3. The molecule has 0 aliphatic carbocycles. The van der Waals surface area contributed by atoms with Crippen molar-refractivity contribution in [1.29, 1.82) is 0 Å². The van der Waals surface area contributed by atoms with Crippen molar-refractivity contribution in [3.05, 3.63) is 0 Å². The SMILES string of the molecule is CCC(C)(C)C(=O)N1CCC2(CC1)CNCCO2. The van der Waals surface area contributed by atoms with Crippen molar-refractivity contribution < 1.29 is 9.53 Å². The Hall–Kier alpha value is -0.610. The second-order valence-electron chi connectivity index (χ2n) is 6.24. The molecule has 2 heterocycles. The average Bonchev–Trinajstić information content (AvgIpc) is 2.40. The number of morpholine rings is 1. The fourth-order valence-electron chi connectivity index (χ4n) is 2.72. The molecule has 0 unspecified atom stereocenters. The molecule has 4 heteroatoms. The Balaban J connectivity index is 1.92. The minimum atomic E-state index is -0.226. The summed E-state index contributed by atoms with van der Waals surface area (Å²) in [5, 5.41) is 3.40. The number of nitrogens with zero attached hydrogens (tertiary/aromatic N) is 1.